The molecular formula is C15H32O. The molecule has 0 radical (unpaired) electrons. The first-order valence-electron chi connectivity index (χ1n) is 7.49. The van der Waals surface area contributed by atoms with Gasteiger partial charge in [0.1, 0.15) is 0 Å². The molecule has 0 atom stereocenters. The average Bonchev–Trinajstić information content (AvgIpc) is 2.31. The van der Waals surface area contributed by atoms with Gasteiger partial charge in [0.15, 0.2) is 0 Å². The van der Waals surface area contributed by atoms with Crippen LogP contribution in [0.15, 0.2) is 0 Å². The van der Waals surface area contributed by atoms with Crippen LogP contribution in [0.4, 0.5) is 0 Å². The molecule has 0 saturated heterocycles. The van der Waals surface area contributed by atoms with Crippen LogP contribution >= 0.6 is 0 Å². The van der Waals surface area contributed by atoms with Crippen LogP contribution in [0.1, 0.15) is 84.5 Å². The van der Waals surface area contributed by atoms with Gasteiger partial charge in [-0.15, -0.1) is 0 Å². The van der Waals surface area contributed by atoms with Gasteiger partial charge in [0, 0.05) is 13.2 Å². The number of rotatable bonds is 13. The second kappa shape index (κ2) is 15.0. The molecule has 0 rings (SSSR count). The van der Waals surface area contributed by atoms with Crippen molar-refractivity contribution in [2.45, 2.75) is 84.5 Å². The summed E-state index contributed by atoms with van der Waals surface area (Å²) in [6, 6.07) is 0. The van der Waals surface area contributed by atoms with Gasteiger partial charge in [0.2, 0.25) is 0 Å². The Morgan fingerprint density at radius 1 is 0.500 bits per heavy atom. The Morgan fingerprint density at radius 3 is 1.50 bits per heavy atom. The smallest absolute Gasteiger partial charge is 0.0466 e. The zero-order valence-electron chi connectivity index (χ0n) is 11.6. The van der Waals surface area contributed by atoms with Crippen molar-refractivity contribution in [2.24, 2.45) is 0 Å². The van der Waals surface area contributed by atoms with Crippen LogP contribution in [0, 0.1) is 0 Å². The number of ether oxygens (including phenoxy) is 1. The van der Waals surface area contributed by atoms with E-state index in [4.69, 9.17) is 4.74 Å². The molecule has 0 aromatic carbocycles. The van der Waals surface area contributed by atoms with Gasteiger partial charge < -0.3 is 4.74 Å². The molecule has 1 heteroatoms. The Morgan fingerprint density at radius 2 is 1.00 bits per heavy atom. The number of unbranched alkanes of at least 4 members (excludes halogenated alkanes) is 9. The minimum absolute atomic E-state index is 0.942. The highest BCUT2D eigenvalue weighted by molar-refractivity contribution is 4.47. The standard InChI is InChI=1S/C15H32O/c1-3-5-6-7-8-9-10-11-12-13-15-16-14-4-2/h3-15H2,1-2H3. The van der Waals surface area contributed by atoms with Crippen molar-refractivity contribution in [1.29, 1.82) is 0 Å². The highest BCUT2D eigenvalue weighted by Crippen LogP contribution is 2.10. The van der Waals surface area contributed by atoms with E-state index in [1.54, 1.807) is 0 Å². The van der Waals surface area contributed by atoms with Crippen LogP contribution in [0.25, 0.3) is 0 Å². The molecule has 0 fully saturated rings. The summed E-state index contributed by atoms with van der Waals surface area (Å²) < 4.78 is 5.45. The molecule has 0 N–H and O–H groups in total. The van der Waals surface area contributed by atoms with Crippen molar-refractivity contribution < 1.29 is 4.74 Å². The molecule has 0 aliphatic rings. The lowest BCUT2D eigenvalue weighted by molar-refractivity contribution is 0.130. The Hall–Kier alpha value is -0.0400. The molecule has 0 aliphatic carbocycles. The lowest BCUT2D eigenvalue weighted by atomic mass is 10.1. The zero-order chi connectivity index (χ0) is 11.9. The third-order valence-corrected chi connectivity index (χ3v) is 2.99. The summed E-state index contributed by atoms with van der Waals surface area (Å²) in [4.78, 5) is 0. The van der Waals surface area contributed by atoms with Crippen molar-refractivity contribution >= 4 is 0 Å². The normalized spacial score (nSPS) is 10.9. The zero-order valence-corrected chi connectivity index (χ0v) is 11.6. The first kappa shape index (κ1) is 16.0. The summed E-state index contributed by atoms with van der Waals surface area (Å²) >= 11 is 0. The van der Waals surface area contributed by atoms with Crippen molar-refractivity contribution in [3.05, 3.63) is 0 Å². The summed E-state index contributed by atoms with van der Waals surface area (Å²) in [7, 11) is 0. The van der Waals surface area contributed by atoms with Crippen LogP contribution in [0.5, 0.6) is 0 Å². The molecule has 0 aromatic heterocycles. The molecule has 0 amide bonds. The molecule has 0 bridgehead atoms. The molecule has 0 saturated carbocycles. The van der Waals surface area contributed by atoms with Gasteiger partial charge in [0.25, 0.3) is 0 Å². The quantitative estimate of drug-likeness (QED) is 0.387. The fourth-order valence-electron chi connectivity index (χ4n) is 1.94. The second-order valence-corrected chi connectivity index (χ2v) is 4.79. The summed E-state index contributed by atoms with van der Waals surface area (Å²) in [5.41, 5.74) is 0. The van der Waals surface area contributed by atoms with Crippen LogP contribution < -0.4 is 0 Å². The van der Waals surface area contributed by atoms with Gasteiger partial charge in [-0.25, -0.2) is 0 Å². The van der Waals surface area contributed by atoms with Crippen LogP contribution in [-0.2, 0) is 4.74 Å². The Balaban J connectivity index is 2.83. The highest BCUT2D eigenvalue weighted by atomic mass is 16.5. The molecule has 0 aromatic rings. The first-order chi connectivity index (χ1) is 7.91. The number of hydrogen-bond acceptors (Lipinski definition) is 1. The highest BCUT2D eigenvalue weighted by Gasteiger charge is 1.92. The van der Waals surface area contributed by atoms with E-state index in [-0.39, 0.29) is 0 Å². The first-order valence-corrected chi connectivity index (χ1v) is 7.49. The fraction of sp³-hybridized carbons (Fsp3) is 1.00. The summed E-state index contributed by atoms with van der Waals surface area (Å²) in [6.07, 6.45) is 15.2. The monoisotopic (exact) mass is 228 g/mol. The van der Waals surface area contributed by atoms with Crippen molar-refractivity contribution in [1.82, 2.24) is 0 Å². The molecule has 16 heavy (non-hydrogen) atoms. The minimum Gasteiger partial charge on any atom is -0.381 e. The van der Waals surface area contributed by atoms with Crippen molar-refractivity contribution in [3.63, 3.8) is 0 Å². The SMILES string of the molecule is CCCCCCCCCCCCOCCC. The third-order valence-electron chi connectivity index (χ3n) is 2.99. The van der Waals surface area contributed by atoms with E-state index >= 15 is 0 Å². The molecule has 98 valence electrons. The van der Waals surface area contributed by atoms with Gasteiger partial charge in [0.05, 0.1) is 0 Å². The molecule has 1 nitrogen and oxygen atoms in total. The second-order valence-electron chi connectivity index (χ2n) is 4.79. The van der Waals surface area contributed by atoms with E-state index in [0.29, 0.717) is 0 Å². The molecule has 0 spiro atoms. The van der Waals surface area contributed by atoms with E-state index in [2.05, 4.69) is 13.8 Å². The maximum Gasteiger partial charge on any atom is 0.0466 e. The molecule has 0 heterocycles. The van der Waals surface area contributed by atoms with E-state index in [0.717, 1.165) is 19.6 Å². The van der Waals surface area contributed by atoms with Crippen LogP contribution in [-0.4, -0.2) is 13.2 Å². The molecular weight excluding hydrogens is 196 g/mol. The average molecular weight is 228 g/mol. The Bertz CT molecular complexity index is 98.0. The lowest BCUT2D eigenvalue weighted by Gasteiger charge is -2.03. The molecule has 0 unspecified atom stereocenters. The predicted octanol–water partition coefficient (Wildman–Crippen LogP) is 5.33. The van der Waals surface area contributed by atoms with Gasteiger partial charge in [-0.2, -0.15) is 0 Å². The van der Waals surface area contributed by atoms with Gasteiger partial charge in [-0.1, -0.05) is 71.6 Å². The Kier molecular flexibility index (Phi) is 14.9. The maximum absolute atomic E-state index is 5.45. The maximum atomic E-state index is 5.45. The van der Waals surface area contributed by atoms with Crippen molar-refractivity contribution in [2.75, 3.05) is 13.2 Å². The van der Waals surface area contributed by atoms with Crippen LogP contribution in [0.3, 0.4) is 0 Å². The summed E-state index contributed by atoms with van der Waals surface area (Å²) in [5.74, 6) is 0. The Labute approximate surface area is 103 Å². The molecule has 0 aliphatic heterocycles. The topological polar surface area (TPSA) is 9.23 Å². The van der Waals surface area contributed by atoms with E-state index in [9.17, 15) is 0 Å². The largest absolute Gasteiger partial charge is 0.381 e. The van der Waals surface area contributed by atoms with Gasteiger partial charge in [-0.05, 0) is 12.8 Å². The predicted molar refractivity (Wildman–Crippen MR) is 73.0 cm³/mol. The van der Waals surface area contributed by atoms with E-state index in [1.807, 2.05) is 0 Å². The van der Waals surface area contributed by atoms with Gasteiger partial charge in [-0.3, -0.25) is 0 Å². The van der Waals surface area contributed by atoms with Gasteiger partial charge >= 0.3 is 0 Å². The van der Waals surface area contributed by atoms with E-state index in [1.165, 1.54) is 64.2 Å². The summed E-state index contributed by atoms with van der Waals surface area (Å²) in [5, 5.41) is 0. The third kappa shape index (κ3) is 14.0. The summed E-state index contributed by atoms with van der Waals surface area (Å²) in [6.45, 7) is 6.36. The van der Waals surface area contributed by atoms with Crippen LogP contribution in [0.2, 0.25) is 0 Å². The number of hydrogen-bond donors (Lipinski definition) is 0. The van der Waals surface area contributed by atoms with E-state index < -0.39 is 0 Å². The lowest BCUT2D eigenvalue weighted by Crippen LogP contribution is -1.95. The minimum atomic E-state index is 0.942. The van der Waals surface area contributed by atoms with Crippen molar-refractivity contribution in [3.8, 4) is 0 Å². The fourth-order valence-corrected chi connectivity index (χ4v) is 1.94.